The zero-order valence-electron chi connectivity index (χ0n) is 10.5. The lowest BCUT2D eigenvalue weighted by Gasteiger charge is -2.19. The molecule has 6 nitrogen and oxygen atoms in total. The van der Waals surface area contributed by atoms with Gasteiger partial charge in [-0.3, -0.25) is 9.59 Å². The zero-order valence-corrected chi connectivity index (χ0v) is 10.5. The lowest BCUT2D eigenvalue weighted by Crippen LogP contribution is -2.47. The van der Waals surface area contributed by atoms with Crippen LogP contribution in [0.4, 0.5) is 0 Å². The highest BCUT2D eigenvalue weighted by Crippen LogP contribution is 2.04. The zero-order chi connectivity index (χ0) is 13.4. The van der Waals surface area contributed by atoms with E-state index in [2.05, 4.69) is 5.32 Å². The van der Waals surface area contributed by atoms with Crippen LogP contribution in [0.15, 0.2) is 0 Å². The number of rotatable bonds is 8. The molecule has 0 aromatic carbocycles. The number of amides is 2. The van der Waals surface area contributed by atoms with Crippen molar-refractivity contribution < 1.29 is 14.7 Å². The summed E-state index contributed by atoms with van der Waals surface area (Å²) in [7, 11) is 0. The van der Waals surface area contributed by atoms with E-state index in [1.807, 2.05) is 13.8 Å². The average Bonchev–Trinajstić information content (AvgIpc) is 2.22. The molecule has 0 fully saturated rings. The normalized spacial score (nSPS) is 14.4. The smallest absolute Gasteiger partial charge is 0.237 e. The summed E-state index contributed by atoms with van der Waals surface area (Å²) in [6.45, 7) is 3.72. The molecule has 0 unspecified atom stereocenters. The van der Waals surface area contributed by atoms with Crippen LogP contribution in [0.3, 0.4) is 0 Å². The summed E-state index contributed by atoms with van der Waals surface area (Å²) in [4.78, 5) is 22.2. The first kappa shape index (κ1) is 15.9. The number of aliphatic hydroxyl groups is 1. The molecule has 6 N–H and O–H groups in total. The predicted octanol–water partition coefficient (Wildman–Crippen LogP) is -0.898. The maximum Gasteiger partial charge on any atom is 0.237 e. The van der Waals surface area contributed by atoms with Gasteiger partial charge in [0.25, 0.3) is 0 Å². The highest BCUT2D eigenvalue weighted by Gasteiger charge is 2.18. The summed E-state index contributed by atoms with van der Waals surface area (Å²) in [5, 5.41) is 11.6. The van der Waals surface area contributed by atoms with Crippen molar-refractivity contribution in [2.24, 2.45) is 17.4 Å². The molecule has 0 saturated carbocycles. The Balaban J connectivity index is 4.08. The predicted molar refractivity (Wildman–Crippen MR) is 64.9 cm³/mol. The van der Waals surface area contributed by atoms with Gasteiger partial charge in [-0.2, -0.15) is 0 Å². The molecule has 0 rings (SSSR count). The third kappa shape index (κ3) is 7.70. The first-order valence-corrected chi connectivity index (χ1v) is 5.82. The summed E-state index contributed by atoms with van der Waals surface area (Å²) < 4.78 is 0. The quantitative estimate of drug-likeness (QED) is 0.443. The molecule has 0 spiro atoms. The second-order valence-corrected chi connectivity index (χ2v) is 4.63. The molecule has 0 aliphatic carbocycles. The van der Waals surface area contributed by atoms with E-state index in [1.165, 1.54) is 0 Å². The van der Waals surface area contributed by atoms with Gasteiger partial charge in [0.1, 0.15) is 0 Å². The maximum absolute atomic E-state index is 11.6. The van der Waals surface area contributed by atoms with Crippen LogP contribution >= 0.6 is 0 Å². The molecule has 0 heterocycles. The van der Waals surface area contributed by atoms with E-state index >= 15 is 0 Å². The molecule has 2 amide bonds. The Morgan fingerprint density at radius 1 is 1.35 bits per heavy atom. The average molecular weight is 245 g/mol. The van der Waals surface area contributed by atoms with E-state index in [1.54, 1.807) is 0 Å². The molecule has 0 bridgehead atoms. The van der Waals surface area contributed by atoms with Crippen molar-refractivity contribution in [3.05, 3.63) is 0 Å². The molecule has 17 heavy (non-hydrogen) atoms. The molecule has 2 atom stereocenters. The van der Waals surface area contributed by atoms with E-state index < -0.39 is 18.0 Å². The number of nitrogens with two attached hydrogens (primary N) is 2. The van der Waals surface area contributed by atoms with E-state index in [0.29, 0.717) is 18.8 Å². The fourth-order valence-electron chi connectivity index (χ4n) is 1.45. The van der Waals surface area contributed by atoms with Crippen molar-refractivity contribution in [2.75, 3.05) is 6.61 Å². The van der Waals surface area contributed by atoms with Gasteiger partial charge in [-0.25, -0.2) is 0 Å². The Labute approximate surface area is 102 Å². The molecule has 0 aromatic rings. The molecule has 0 aliphatic heterocycles. The van der Waals surface area contributed by atoms with Gasteiger partial charge < -0.3 is 21.9 Å². The number of hydrogen-bond acceptors (Lipinski definition) is 4. The van der Waals surface area contributed by atoms with Gasteiger partial charge >= 0.3 is 0 Å². The number of nitrogens with one attached hydrogen (secondary N) is 1. The van der Waals surface area contributed by atoms with Crippen molar-refractivity contribution in [2.45, 2.75) is 45.2 Å². The summed E-state index contributed by atoms with van der Waals surface area (Å²) in [5.41, 5.74) is 10.7. The highest BCUT2D eigenvalue weighted by molar-refractivity contribution is 5.81. The SMILES string of the molecule is CC(C)C[C@H](N)C(=O)N[C@H](CO)CCC(N)=O. The van der Waals surface area contributed by atoms with E-state index in [9.17, 15) is 9.59 Å². The Hall–Kier alpha value is -1.14. The number of carbonyl (C=O) groups excluding carboxylic acids is 2. The van der Waals surface area contributed by atoms with Gasteiger partial charge in [0.2, 0.25) is 11.8 Å². The monoisotopic (exact) mass is 245 g/mol. The minimum atomic E-state index is -0.586. The second kappa shape index (κ2) is 8.03. The molecular weight excluding hydrogens is 222 g/mol. The van der Waals surface area contributed by atoms with Crippen LogP contribution in [-0.4, -0.2) is 35.6 Å². The molecule has 0 aliphatic rings. The second-order valence-electron chi connectivity index (χ2n) is 4.63. The number of carbonyl (C=O) groups is 2. The summed E-state index contributed by atoms with van der Waals surface area (Å²) >= 11 is 0. The van der Waals surface area contributed by atoms with Crippen LogP contribution in [0.25, 0.3) is 0 Å². The third-order valence-corrected chi connectivity index (χ3v) is 2.37. The lowest BCUT2D eigenvalue weighted by atomic mass is 10.0. The molecule has 0 radical (unpaired) electrons. The first-order valence-electron chi connectivity index (χ1n) is 5.82. The van der Waals surface area contributed by atoms with Crippen LogP contribution in [-0.2, 0) is 9.59 Å². The summed E-state index contributed by atoms with van der Waals surface area (Å²) in [5.74, 6) is -0.430. The van der Waals surface area contributed by atoms with E-state index in [0.717, 1.165) is 0 Å². The molecule has 0 saturated heterocycles. The van der Waals surface area contributed by atoms with Crippen LogP contribution in [0.1, 0.15) is 33.1 Å². The number of primary amides is 1. The van der Waals surface area contributed by atoms with E-state index in [-0.39, 0.29) is 18.9 Å². The number of hydrogen-bond donors (Lipinski definition) is 4. The maximum atomic E-state index is 11.6. The Morgan fingerprint density at radius 2 is 1.94 bits per heavy atom. The standard InChI is InChI=1S/C11H23N3O3/c1-7(2)5-9(12)11(17)14-8(6-15)3-4-10(13)16/h7-9,15H,3-6,12H2,1-2H3,(H2,13,16)(H,14,17)/t8-,9-/m0/s1. The Morgan fingerprint density at radius 3 is 2.35 bits per heavy atom. The van der Waals surface area contributed by atoms with Gasteiger partial charge in [0.15, 0.2) is 0 Å². The topological polar surface area (TPSA) is 118 Å². The number of aliphatic hydroxyl groups excluding tert-OH is 1. The largest absolute Gasteiger partial charge is 0.394 e. The summed E-state index contributed by atoms with van der Waals surface area (Å²) in [6, 6.07) is -1.05. The van der Waals surface area contributed by atoms with Crippen LogP contribution in [0.2, 0.25) is 0 Å². The van der Waals surface area contributed by atoms with Gasteiger partial charge in [-0.1, -0.05) is 13.8 Å². The minimum absolute atomic E-state index is 0.130. The van der Waals surface area contributed by atoms with Crippen molar-refractivity contribution >= 4 is 11.8 Å². The fraction of sp³-hybridized carbons (Fsp3) is 0.818. The first-order chi connectivity index (χ1) is 7.86. The van der Waals surface area contributed by atoms with Crippen molar-refractivity contribution in [3.63, 3.8) is 0 Å². The van der Waals surface area contributed by atoms with Crippen molar-refractivity contribution in [1.82, 2.24) is 5.32 Å². The molecule has 6 heteroatoms. The third-order valence-electron chi connectivity index (χ3n) is 2.37. The van der Waals surface area contributed by atoms with E-state index in [4.69, 9.17) is 16.6 Å². The van der Waals surface area contributed by atoms with Crippen LogP contribution in [0, 0.1) is 5.92 Å². The lowest BCUT2D eigenvalue weighted by molar-refractivity contribution is -0.124. The fourth-order valence-corrected chi connectivity index (χ4v) is 1.45. The van der Waals surface area contributed by atoms with Gasteiger partial charge in [0.05, 0.1) is 18.7 Å². The highest BCUT2D eigenvalue weighted by atomic mass is 16.3. The van der Waals surface area contributed by atoms with Gasteiger partial charge in [-0.05, 0) is 18.8 Å². The molecule has 100 valence electrons. The Kier molecular flexibility index (Phi) is 7.49. The Bertz CT molecular complexity index is 256. The van der Waals surface area contributed by atoms with Gasteiger partial charge in [-0.15, -0.1) is 0 Å². The van der Waals surface area contributed by atoms with Crippen LogP contribution in [0.5, 0.6) is 0 Å². The summed E-state index contributed by atoms with van der Waals surface area (Å²) in [6.07, 6.45) is 1.04. The molecular formula is C11H23N3O3. The van der Waals surface area contributed by atoms with Gasteiger partial charge in [0, 0.05) is 6.42 Å². The minimum Gasteiger partial charge on any atom is -0.394 e. The van der Waals surface area contributed by atoms with Crippen LogP contribution < -0.4 is 16.8 Å². The van der Waals surface area contributed by atoms with Crippen molar-refractivity contribution in [3.8, 4) is 0 Å². The van der Waals surface area contributed by atoms with Crippen molar-refractivity contribution in [1.29, 1.82) is 0 Å². The molecule has 0 aromatic heterocycles.